The van der Waals surface area contributed by atoms with Gasteiger partial charge < -0.3 is 14.0 Å². The summed E-state index contributed by atoms with van der Waals surface area (Å²) in [5.41, 5.74) is 3.79. The molecule has 0 aliphatic heterocycles. The molecular formula is C15H22N4O2. The molecule has 2 aromatic rings. The highest BCUT2D eigenvalue weighted by atomic mass is 16.5. The van der Waals surface area contributed by atoms with E-state index in [1.165, 1.54) is 0 Å². The van der Waals surface area contributed by atoms with Crippen molar-refractivity contribution in [3.8, 4) is 11.5 Å². The first-order chi connectivity index (χ1) is 10.2. The lowest BCUT2D eigenvalue weighted by atomic mass is 10.0. The van der Waals surface area contributed by atoms with E-state index in [2.05, 4.69) is 21.9 Å². The number of hydrazine groups is 1. The molecule has 0 saturated carbocycles. The first-order valence-electron chi connectivity index (χ1n) is 6.91. The van der Waals surface area contributed by atoms with Crippen molar-refractivity contribution in [3.63, 3.8) is 0 Å². The minimum absolute atomic E-state index is 0.109. The summed E-state index contributed by atoms with van der Waals surface area (Å²) in [5.74, 6) is 8.26. The Hall–Kier alpha value is -2.05. The van der Waals surface area contributed by atoms with Crippen LogP contribution in [0.3, 0.4) is 0 Å². The molecule has 0 bridgehead atoms. The lowest BCUT2D eigenvalue weighted by Gasteiger charge is -2.20. The number of nitrogens with zero attached hydrogens (tertiary/aromatic N) is 2. The van der Waals surface area contributed by atoms with E-state index in [1.54, 1.807) is 20.4 Å². The third-order valence-corrected chi connectivity index (χ3v) is 3.54. The maximum absolute atomic E-state index is 5.74. The zero-order chi connectivity index (χ0) is 15.2. The molecule has 0 spiro atoms. The SMILES string of the molecule is CCn1ccnc1CC(NN)c1cc(OC)ccc1OC. The molecule has 0 radical (unpaired) electrons. The van der Waals surface area contributed by atoms with Crippen LogP contribution in [0.1, 0.15) is 24.4 Å². The van der Waals surface area contributed by atoms with Gasteiger partial charge in [0.1, 0.15) is 17.3 Å². The Kier molecular flexibility index (Phi) is 5.19. The molecular weight excluding hydrogens is 268 g/mol. The maximum atomic E-state index is 5.74. The third kappa shape index (κ3) is 3.34. The highest BCUT2D eigenvalue weighted by Crippen LogP contribution is 2.30. The highest BCUT2D eigenvalue weighted by molar-refractivity contribution is 5.42. The normalized spacial score (nSPS) is 12.2. The van der Waals surface area contributed by atoms with Gasteiger partial charge in [-0.1, -0.05) is 0 Å². The number of aromatic nitrogens is 2. The first-order valence-corrected chi connectivity index (χ1v) is 6.91. The number of nitrogens with one attached hydrogen (secondary N) is 1. The summed E-state index contributed by atoms with van der Waals surface area (Å²) in [6.45, 7) is 2.96. The van der Waals surface area contributed by atoms with Crippen molar-refractivity contribution in [1.82, 2.24) is 15.0 Å². The topological polar surface area (TPSA) is 74.3 Å². The van der Waals surface area contributed by atoms with Crippen molar-refractivity contribution in [2.75, 3.05) is 14.2 Å². The Morgan fingerprint density at radius 3 is 2.76 bits per heavy atom. The summed E-state index contributed by atoms with van der Waals surface area (Å²) in [6.07, 6.45) is 4.43. The molecule has 6 heteroatoms. The lowest BCUT2D eigenvalue weighted by molar-refractivity contribution is 0.388. The summed E-state index contributed by atoms with van der Waals surface area (Å²) in [4.78, 5) is 4.39. The monoisotopic (exact) mass is 290 g/mol. The maximum Gasteiger partial charge on any atom is 0.123 e. The molecule has 3 N–H and O–H groups in total. The van der Waals surface area contributed by atoms with Crippen molar-refractivity contribution in [2.24, 2.45) is 5.84 Å². The van der Waals surface area contributed by atoms with Crippen LogP contribution in [0, 0.1) is 0 Å². The van der Waals surface area contributed by atoms with E-state index in [-0.39, 0.29) is 6.04 Å². The summed E-state index contributed by atoms with van der Waals surface area (Å²) in [6, 6.07) is 5.57. The Morgan fingerprint density at radius 2 is 2.14 bits per heavy atom. The number of aryl methyl sites for hydroxylation is 1. The molecule has 1 aromatic carbocycles. The van der Waals surface area contributed by atoms with Crippen LogP contribution in [0.2, 0.25) is 0 Å². The van der Waals surface area contributed by atoms with Gasteiger partial charge in [-0.05, 0) is 25.1 Å². The van der Waals surface area contributed by atoms with Gasteiger partial charge in [-0.25, -0.2) is 4.98 Å². The Morgan fingerprint density at radius 1 is 1.33 bits per heavy atom. The van der Waals surface area contributed by atoms with Gasteiger partial charge in [0.25, 0.3) is 0 Å². The average molecular weight is 290 g/mol. The van der Waals surface area contributed by atoms with Crippen molar-refractivity contribution in [2.45, 2.75) is 25.9 Å². The molecule has 1 unspecified atom stereocenters. The molecule has 0 saturated heterocycles. The van der Waals surface area contributed by atoms with E-state index in [9.17, 15) is 0 Å². The number of hydrogen-bond donors (Lipinski definition) is 2. The van der Waals surface area contributed by atoms with Crippen molar-refractivity contribution in [3.05, 3.63) is 42.0 Å². The smallest absolute Gasteiger partial charge is 0.123 e. The van der Waals surface area contributed by atoms with Crippen LogP contribution < -0.4 is 20.7 Å². The molecule has 0 amide bonds. The van der Waals surface area contributed by atoms with Crippen LogP contribution >= 0.6 is 0 Å². The summed E-state index contributed by atoms with van der Waals surface area (Å²) in [5, 5.41) is 0. The third-order valence-electron chi connectivity index (χ3n) is 3.54. The van der Waals surface area contributed by atoms with Crippen LogP contribution in [-0.4, -0.2) is 23.8 Å². The van der Waals surface area contributed by atoms with Gasteiger partial charge in [0, 0.05) is 30.9 Å². The van der Waals surface area contributed by atoms with Gasteiger partial charge in [0.05, 0.1) is 20.3 Å². The molecule has 0 fully saturated rings. The molecule has 114 valence electrons. The Labute approximate surface area is 124 Å². The number of methoxy groups -OCH3 is 2. The van der Waals surface area contributed by atoms with Crippen LogP contribution in [0.25, 0.3) is 0 Å². The lowest BCUT2D eigenvalue weighted by Crippen LogP contribution is -2.30. The molecule has 6 nitrogen and oxygen atoms in total. The van der Waals surface area contributed by atoms with Gasteiger partial charge >= 0.3 is 0 Å². The highest BCUT2D eigenvalue weighted by Gasteiger charge is 2.18. The summed E-state index contributed by atoms with van der Waals surface area (Å²) >= 11 is 0. The van der Waals surface area contributed by atoms with Crippen LogP contribution in [0.5, 0.6) is 11.5 Å². The van der Waals surface area contributed by atoms with Gasteiger partial charge in [0.2, 0.25) is 0 Å². The van der Waals surface area contributed by atoms with Gasteiger partial charge in [-0.3, -0.25) is 11.3 Å². The largest absolute Gasteiger partial charge is 0.497 e. The average Bonchev–Trinajstić information content (AvgIpc) is 2.99. The number of hydrogen-bond acceptors (Lipinski definition) is 5. The summed E-state index contributed by atoms with van der Waals surface area (Å²) in [7, 11) is 3.28. The second-order valence-corrected chi connectivity index (χ2v) is 4.66. The van der Waals surface area contributed by atoms with Crippen LogP contribution in [-0.2, 0) is 13.0 Å². The molecule has 2 rings (SSSR count). The van der Waals surface area contributed by atoms with Gasteiger partial charge in [-0.15, -0.1) is 0 Å². The number of imidazole rings is 1. The fourth-order valence-electron chi connectivity index (χ4n) is 2.37. The minimum Gasteiger partial charge on any atom is -0.497 e. The van der Waals surface area contributed by atoms with E-state index in [4.69, 9.17) is 15.3 Å². The van der Waals surface area contributed by atoms with Gasteiger partial charge in [-0.2, -0.15) is 0 Å². The minimum atomic E-state index is -0.109. The molecule has 0 aliphatic rings. The van der Waals surface area contributed by atoms with Gasteiger partial charge in [0.15, 0.2) is 0 Å². The zero-order valence-corrected chi connectivity index (χ0v) is 12.7. The molecule has 1 heterocycles. The van der Waals surface area contributed by atoms with E-state index < -0.39 is 0 Å². The quantitative estimate of drug-likeness (QED) is 0.599. The molecule has 1 atom stereocenters. The molecule has 21 heavy (non-hydrogen) atoms. The number of nitrogens with two attached hydrogens (primary N) is 1. The predicted molar refractivity (Wildman–Crippen MR) is 81.2 cm³/mol. The first kappa shape index (κ1) is 15.3. The van der Waals surface area contributed by atoms with Crippen LogP contribution in [0.4, 0.5) is 0 Å². The van der Waals surface area contributed by atoms with Crippen molar-refractivity contribution in [1.29, 1.82) is 0 Å². The molecule has 0 aliphatic carbocycles. The fraction of sp³-hybridized carbons (Fsp3) is 0.400. The van der Waals surface area contributed by atoms with Crippen molar-refractivity contribution >= 4 is 0 Å². The second-order valence-electron chi connectivity index (χ2n) is 4.66. The van der Waals surface area contributed by atoms with E-state index in [0.29, 0.717) is 6.42 Å². The fourth-order valence-corrected chi connectivity index (χ4v) is 2.37. The molecule has 1 aromatic heterocycles. The van der Waals surface area contributed by atoms with Crippen molar-refractivity contribution < 1.29 is 9.47 Å². The zero-order valence-electron chi connectivity index (χ0n) is 12.7. The number of benzene rings is 1. The predicted octanol–water partition coefficient (Wildman–Crippen LogP) is 1.67. The van der Waals surface area contributed by atoms with E-state index >= 15 is 0 Å². The van der Waals surface area contributed by atoms with E-state index in [0.717, 1.165) is 29.4 Å². The standard InChI is InChI=1S/C15H22N4O2/c1-4-19-8-7-17-15(19)10-13(18-16)12-9-11(20-2)5-6-14(12)21-3/h5-9,13,18H,4,10,16H2,1-3H3. The van der Waals surface area contributed by atoms with Crippen LogP contribution in [0.15, 0.2) is 30.6 Å². The van der Waals surface area contributed by atoms with E-state index in [1.807, 2.05) is 24.4 Å². The Bertz CT molecular complexity index is 583. The summed E-state index contributed by atoms with van der Waals surface area (Å²) < 4.78 is 12.8. The second kappa shape index (κ2) is 7.10. The number of ether oxygens (including phenoxy) is 2. The Balaban J connectivity index is 2.32. The number of rotatable bonds is 7.